The van der Waals surface area contributed by atoms with Gasteiger partial charge in [-0.25, -0.2) is 0 Å². The summed E-state index contributed by atoms with van der Waals surface area (Å²) in [6, 6.07) is 8.10. The molecule has 1 aromatic carbocycles. The predicted octanol–water partition coefficient (Wildman–Crippen LogP) is 3.11. The molecule has 0 saturated carbocycles. The summed E-state index contributed by atoms with van der Waals surface area (Å²) in [6.45, 7) is 14.5. The van der Waals surface area contributed by atoms with Crippen molar-refractivity contribution in [3.05, 3.63) is 29.8 Å². The molecule has 0 heterocycles. The van der Waals surface area contributed by atoms with Crippen LogP contribution < -0.4 is 15.4 Å². The van der Waals surface area contributed by atoms with Crippen molar-refractivity contribution in [1.82, 2.24) is 10.6 Å². The van der Waals surface area contributed by atoms with Crippen molar-refractivity contribution in [2.75, 3.05) is 19.7 Å². The van der Waals surface area contributed by atoms with Crippen molar-refractivity contribution >= 4 is 5.91 Å². The Kier molecular flexibility index (Phi) is 7.56. The van der Waals surface area contributed by atoms with Gasteiger partial charge in [0, 0.05) is 12.6 Å². The molecule has 4 heteroatoms. The van der Waals surface area contributed by atoms with E-state index in [-0.39, 0.29) is 11.9 Å². The Morgan fingerprint density at radius 2 is 1.78 bits per heavy atom. The van der Waals surface area contributed by atoms with Gasteiger partial charge >= 0.3 is 0 Å². The number of carbonyl (C=O) groups is 1. The molecule has 0 aliphatic heterocycles. The third-order valence-corrected chi connectivity index (χ3v) is 3.85. The van der Waals surface area contributed by atoms with Crippen LogP contribution in [0.1, 0.15) is 47.1 Å². The zero-order valence-corrected chi connectivity index (χ0v) is 15.4. The van der Waals surface area contributed by atoms with E-state index >= 15 is 0 Å². The fraction of sp³-hybridized carbons (Fsp3) is 0.632. The first-order chi connectivity index (χ1) is 10.8. The van der Waals surface area contributed by atoms with Crippen molar-refractivity contribution in [2.45, 2.75) is 53.0 Å². The molecule has 0 aliphatic rings. The lowest BCUT2D eigenvalue weighted by Crippen LogP contribution is -2.45. The maximum atomic E-state index is 12.5. The van der Waals surface area contributed by atoms with Crippen molar-refractivity contribution in [3.8, 4) is 5.75 Å². The second kappa shape index (κ2) is 8.92. The third-order valence-electron chi connectivity index (χ3n) is 3.85. The van der Waals surface area contributed by atoms with Gasteiger partial charge in [-0.1, -0.05) is 32.9 Å². The van der Waals surface area contributed by atoms with Gasteiger partial charge in [0.2, 0.25) is 5.91 Å². The van der Waals surface area contributed by atoms with Gasteiger partial charge in [0.05, 0.1) is 12.0 Å². The molecule has 0 fully saturated rings. The van der Waals surface area contributed by atoms with E-state index in [0.29, 0.717) is 19.1 Å². The predicted molar refractivity (Wildman–Crippen MR) is 95.9 cm³/mol. The molecule has 1 atom stereocenters. The van der Waals surface area contributed by atoms with Crippen LogP contribution in [0.25, 0.3) is 0 Å². The van der Waals surface area contributed by atoms with Crippen LogP contribution in [-0.2, 0) is 10.2 Å². The molecule has 0 saturated heterocycles. The van der Waals surface area contributed by atoms with Crippen molar-refractivity contribution in [1.29, 1.82) is 0 Å². The molecule has 0 aromatic heterocycles. The Morgan fingerprint density at radius 1 is 1.17 bits per heavy atom. The lowest BCUT2D eigenvalue weighted by molar-refractivity contribution is -0.125. The van der Waals surface area contributed by atoms with Gasteiger partial charge in [-0.2, -0.15) is 0 Å². The summed E-state index contributed by atoms with van der Waals surface area (Å²) >= 11 is 0. The number of carbonyl (C=O) groups excluding carboxylic acids is 1. The minimum absolute atomic E-state index is 0.0399. The van der Waals surface area contributed by atoms with E-state index in [9.17, 15) is 4.79 Å². The van der Waals surface area contributed by atoms with Crippen LogP contribution in [-0.4, -0.2) is 31.6 Å². The number of ether oxygens (including phenoxy) is 1. The number of hydrogen-bond donors (Lipinski definition) is 2. The van der Waals surface area contributed by atoms with Crippen LogP contribution in [0.3, 0.4) is 0 Å². The number of benzene rings is 1. The smallest absolute Gasteiger partial charge is 0.230 e. The lowest BCUT2D eigenvalue weighted by Gasteiger charge is -2.25. The minimum atomic E-state index is -0.567. The highest BCUT2D eigenvalue weighted by atomic mass is 16.5. The van der Waals surface area contributed by atoms with Gasteiger partial charge in [0.15, 0.2) is 0 Å². The molecule has 0 aliphatic carbocycles. The Morgan fingerprint density at radius 3 is 2.30 bits per heavy atom. The topological polar surface area (TPSA) is 50.4 Å². The maximum absolute atomic E-state index is 12.5. The van der Waals surface area contributed by atoms with E-state index in [0.717, 1.165) is 17.9 Å². The molecule has 0 spiro atoms. The monoisotopic (exact) mass is 320 g/mol. The van der Waals surface area contributed by atoms with E-state index in [4.69, 9.17) is 4.74 Å². The quantitative estimate of drug-likeness (QED) is 0.735. The highest BCUT2D eigenvalue weighted by Crippen LogP contribution is 2.25. The average Bonchev–Trinajstić information content (AvgIpc) is 2.51. The Labute approximate surface area is 141 Å². The lowest BCUT2D eigenvalue weighted by atomic mass is 9.83. The third kappa shape index (κ3) is 6.22. The maximum Gasteiger partial charge on any atom is 0.230 e. The van der Waals surface area contributed by atoms with Gasteiger partial charge in [0.1, 0.15) is 5.75 Å². The Bertz CT molecular complexity index is 481. The minimum Gasteiger partial charge on any atom is -0.493 e. The van der Waals surface area contributed by atoms with Crippen LogP contribution in [0.15, 0.2) is 24.3 Å². The fourth-order valence-corrected chi connectivity index (χ4v) is 2.25. The zero-order chi connectivity index (χ0) is 17.5. The van der Waals surface area contributed by atoms with Crippen molar-refractivity contribution < 1.29 is 9.53 Å². The highest BCUT2D eigenvalue weighted by Gasteiger charge is 2.29. The second-order valence-electron chi connectivity index (χ2n) is 7.02. The van der Waals surface area contributed by atoms with E-state index < -0.39 is 5.41 Å². The second-order valence-corrected chi connectivity index (χ2v) is 7.02. The standard InChI is InChI=1S/C19H32N2O2/c1-7-20-15(4)12-21-18(22)19(5,6)16-8-10-17(11-9-16)23-13-14(2)3/h8-11,14-15,20H,7,12-13H2,1-6H3,(H,21,22)/t15-/m1/s1. The molecule has 0 radical (unpaired) electrons. The summed E-state index contributed by atoms with van der Waals surface area (Å²) in [5.41, 5.74) is 0.422. The Balaban J connectivity index is 2.65. The molecule has 130 valence electrons. The van der Waals surface area contributed by atoms with Crippen molar-refractivity contribution in [3.63, 3.8) is 0 Å². The normalized spacial score (nSPS) is 13.0. The summed E-state index contributed by atoms with van der Waals surface area (Å²) in [6.07, 6.45) is 0. The number of amides is 1. The van der Waals surface area contributed by atoms with E-state index in [1.165, 1.54) is 0 Å². The molecular formula is C19H32N2O2. The zero-order valence-electron chi connectivity index (χ0n) is 15.4. The fourth-order valence-electron chi connectivity index (χ4n) is 2.25. The van der Waals surface area contributed by atoms with Crippen LogP contribution in [0.4, 0.5) is 0 Å². The molecule has 0 unspecified atom stereocenters. The number of rotatable bonds is 9. The summed E-state index contributed by atoms with van der Waals surface area (Å²) in [4.78, 5) is 12.5. The molecule has 1 amide bonds. The summed E-state index contributed by atoms with van der Waals surface area (Å²) < 4.78 is 5.69. The first-order valence-electron chi connectivity index (χ1n) is 8.52. The number of hydrogen-bond acceptors (Lipinski definition) is 3. The first-order valence-corrected chi connectivity index (χ1v) is 8.52. The van der Waals surface area contributed by atoms with Gasteiger partial charge in [0.25, 0.3) is 0 Å². The van der Waals surface area contributed by atoms with Gasteiger partial charge in [-0.05, 0) is 50.9 Å². The van der Waals surface area contributed by atoms with Gasteiger partial charge < -0.3 is 15.4 Å². The van der Waals surface area contributed by atoms with E-state index in [1.807, 2.05) is 38.1 Å². The number of nitrogens with one attached hydrogen (secondary N) is 2. The summed E-state index contributed by atoms with van der Waals surface area (Å²) in [7, 11) is 0. The molecule has 2 N–H and O–H groups in total. The molecule has 23 heavy (non-hydrogen) atoms. The van der Waals surface area contributed by atoms with Gasteiger partial charge in [-0.3, -0.25) is 4.79 Å². The van der Waals surface area contributed by atoms with Crippen LogP contribution in [0, 0.1) is 5.92 Å². The Hall–Kier alpha value is -1.55. The number of likely N-dealkylation sites (N-methyl/N-ethyl adjacent to an activating group) is 1. The molecular weight excluding hydrogens is 288 g/mol. The molecule has 0 bridgehead atoms. The van der Waals surface area contributed by atoms with E-state index in [1.54, 1.807) is 0 Å². The van der Waals surface area contributed by atoms with E-state index in [2.05, 4.69) is 38.3 Å². The first kappa shape index (κ1) is 19.5. The molecule has 1 rings (SSSR count). The largest absolute Gasteiger partial charge is 0.493 e. The van der Waals surface area contributed by atoms with Gasteiger partial charge in [-0.15, -0.1) is 0 Å². The highest BCUT2D eigenvalue weighted by molar-refractivity contribution is 5.87. The SMILES string of the molecule is CCN[C@H](C)CNC(=O)C(C)(C)c1ccc(OCC(C)C)cc1. The summed E-state index contributed by atoms with van der Waals surface area (Å²) in [5, 5.41) is 6.32. The van der Waals surface area contributed by atoms with Crippen LogP contribution >= 0.6 is 0 Å². The van der Waals surface area contributed by atoms with Crippen LogP contribution in [0.2, 0.25) is 0 Å². The van der Waals surface area contributed by atoms with Crippen LogP contribution in [0.5, 0.6) is 5.75 Å². The molecule has 4 nitrogen and oxygen atoms in total. The summed E-state index contributed by atoms with van der Waals surface area (Å²) in [5.74, 6) is 1.38. The van der Waals surface area contributed by atoms with Crippen molar-refractivity contribution in [2.24, 2.45) is 5.92 Å². The molecule has 1 aromatic rings. The average molecular weight is 320 g/mol.